The van der Waals surface area contributed by atoms with Gasteiger partial charge >= 0.3 is 6.03 Å². The van der Waals surface area contributed by atoms with E-state index in [0.29, 0.717) is 13.2 Å². The molecule has 0 spiro atoms. The quantitative estimate of drug-likeness (QED) is 0.667. The summed E-state index contributed by atoms with van der Waals surface area (Å²) in [5.41, 5.74) is 6.14. The van der Waals surface area contributed by atoms with Gasteiger partial charge in [0.2, 0.25) is 5.91 Å². The van der Waals surface area contributed by atoms with Crippen molar-refractivity contribution in [2.45, 2.75) is 12.1 Å². The molecule has 0 radical (unpaired) electrons. The fraction of sp³-hybridized carbons (Fsp3) is 0.500. The predicted octanol–water partition coefficient (Wildman–Crippen LogP) is -0.349. The lowest BCUT2D eigenvalue weighted by Gasteiger charge is -2.27. The summed E-state index contributed by atoms with van der Waals surface area (Å²) in [6.07, 6.45) is 3.23. The van der Waals surface area contributed by atoms with Crippen molar-refractivity contribution in [2.24, 2.45) is 5.73 Å². The fourth-order valence-corrected chi connectivity index (χ4v) is 2.33. The van der Waals surface area contributed by atoms with E-state index in [2.05, 4.69) is 6.58 Å². The Morgan fingerprint density at radius 3 is 3.00 bits per heavy atom. The van der Waals surface area contributed by atoms with Crippen LogP contribution in [0, 0.1) is 0 Å². The molecule has 7 nitrogen and oxygen atoms in total. The summed E-state index contributed by atoms with van der Waals surface area (Å²) < 4.78 is 5.10. The highest BCUT2D eigenvalue weighted by atomic mass is 16.7. The number of primary amides is 1. The minimum Gasteiger partial charge on any atom is -0.380 e. The van der Waals surface area contributed by atoms with Crippen molar-refractivity contribution in [3.05, 3.63) is 24.3 Å². The zero-order valence-corrected chi connectivity index (χ0v) is 10.7. The van der Waals surface area contributed by atoms with E-state index in [0.717, 1.165) is 5.57 Å². The van der Waals surface area contributed by atoms with Gasteiger partial charge in [-0.3, -0.25) is 9.63 Å². The maximum Gasteiger partial charge on any atom is 0.345 e. The van der Waals surface area contributed by atoms with Crippen molar-refractivity contribution in [1.82, 2.24) is 9.96 Å². The largest absolute Gasteiger partial charge is 0.380 e. The minimum atomic E-state index is -0.744. The van der Waals surface area contributed by atoms with Gasteiger partial charge in [0.15, 0.2) is 0 Å². The highest BCUT2D eigenvalue weighted by Gasteiger charge is 2.47. The molecule has 2 bridgehead atoms. The lowest BCUT2D eigenvalue weighted by Crippen LogP contribution is -2.47. The van der Waals surface area contributed by atoms with Crippen LogP contribution in [-0.4, -0.2) is 60.9 Å². The number of hydrogen-bond acceptors (Lipinski definition) is 4. The highest BCUT2D eigenvalue weighted by Crippen LogP contribution is 2.30. The molecular formula is C12H17N3O4. The molecule has 2 N–H and O–H groups in total. The average Bonchev–Trinajstić information content (AvgIpc) is 2.65. The van der Waals surface area contributed by atoms with Gasteiger partial charge in [0, 0.05) is 7.11 Å². The van der Waals surface area contributed by atoms with Crippen LogP contribution in [0.25, 0.3) is 0 Å². The van der Waals surface area contributed by atoms with Crippen LogP contribution in [0.2, 0.25) is 0 Å². The number of urea groups is 1. The van der Waals surface area contributed by atoms with Crippen LogP contribution in [0.3, 0.4) is 0 Å². The van der Waals surface area contributed by atoms with Gasteiger partial charge in [-0.2, -0.15) is 5.06 Å². The first-order chi connectivity index (χ1) is 9.10. The van der Waals surface area contributed by atoms with Crippen LogP contribution < -0.4 is 5.73 Å². The fourth-order valence-electron chi connectivity index (χ4n) is 2.33. The third-order valence-corrected chi connectivity index (χ3v) is 3.16. The molecule has 0 aromatic rings. The molecule has 1 fully saturated rings. The lowest BCUT2D eigenvalue weighted by atomic mass is 10.0. The first kappa shape index (κ1) is 13.6. The van der Waals surface area contributed by atoms with Gasteiger partial charge < -0.3 is 15.4 Å². The lowest BCUT2D eigenvalue weighted by molar-refractivity contribution is -0.121. The maximum absolute atomic E-state index is 12.2. The number of nitrogens with zero attached hydrogens (tertiary/aromatic N) is 2. The van der Waals surface area contributed by atoms with Gasteiger partial charge in [-0.1, -0.05) is 6.08 Å². The molecule has 3 amide bonds. The monoisotopic (exact) mass is 267 g/mol. The number of hydroxylamine groups is 2. The van der Waals surface area contributed by atoms with E-state index < -0.39 is 11.9 Å². The number of nitrogens with two attached hydrogens (primary N) is 1. The SMILES string of the molecule is C=CCON1C(=O)N2C[C@H]1C(COC)=C[C@H]2C(N)=O. The van der Waals surface area contributed by atoms with E-state index in [1.807, 2.05) is 0 Å². The van der Waals surface area contributed by atoms with Crippen molar-refractivity contribution in [1.29, 1.82) is 0 Å². The second-order valence-corrected chi connectivity index (χ2v) is 4.38. The number of hydrogen-bond donors (Lipinski definition) is 1. The van der Waals surface area contributed by atoms with Gasteiger partial charge in [0.25, 0.3) is 0 Å². The van der Waals surface area contributed by atoms with Gasteiger partial charge in [-0.15, -0.1) is 6.58 Å². The third kappa shape index (κ3) is 2.34. The molecule has 0 aromatic carbocycles. The summed E-state index contributed by atoms with van der Waals surface area (Å²) in [4.78, 5) is 30.4. The summed E-state index contributed by atoms with van der Waals surface area (Å²) in [6.45, 7) is 4.46. The topological polar surface area (TPSA) is 85.1 Å². The van der Waals surface area contributed by atoms with Gasteiger partial charge in [-0.05, 0) is 11.6 Å². The van der Waals surface area contributed by atoms with Crippen molar-refractivity contribution in [2.75, 3.05) is 26.9 Å². The molecular weight excluding hydrogens is 250 g/mol. The summed E-state index contributed by atoms with van der Waals surface area (Å²) >= 11 is 0. The van der Waals surface area contributed by atoms with Crippen molar-refractivity contribution in [3.63, 3.8) is 0 Å². The Bertz CT molecular complexity index is 435. The smallest absolute Gasteiger partial charge is 0.345 e. The van der Waals surface area contributed by atoms with Crippen LogP contribution in [0.4, 0.5) is 4.79 Å². The zero-order valence-electron chi connectivity index (χ0n) is 10.7. The average molecular weight is 267 g/mol. The molecule has 2 heterocycles. The number of fused-ring (bicyclic) bond motifs is 2. The van der Waals surface area contributed by atoms with Crippen LogP contribution in [0.1, 0.15) is 0 Å². The number of carbonyl (C=O) groups excluding carboxylic acids is 2. The minimum absolute atomic E-state index is 0.220. The summed E-state index contributed by atoms with van der Waals surface area (Å²) in [6, 6.07) is -1.35. The second-order valence-electron chi connectivity index (χ2n) is 4.38. The maximum atomic E-state index is 12.2. The Morgan fingerprint density at radius 2 is 2.42 bits per heavy atom. The number of ether oxygens (including phenoxy) is 1. The predicted molar refractivity (Wildman–Crippen MR) is 66.8 cm³/mol. The van der Waals surface area contributed by atoms with E-state index in [9.17, 15) is 9.59 Å². The molecule has 2 atom stereocenters. The Balaban J connectivity index is 2.27. The van der Waals surface area contributed by atoms with E-state index in [1.165, 1.54) is 9.96 Å². The Hall–Kier alpha value is -1.86. The molecule has 0 saturated carbocycles. The van der Waals surface area contributed by atoms with Gasteiger partial charge in [0.1, 0.15) is 12.1 Å². The molecule has 1 saturated heterocycles. The first-order valence-corrected chi connectivity index (χ1v) is 5.92. The number of rotatable bonds is 6. The van der Waals surface area contributed by atoms with E-state index in [1.54, 1.807) is 19.3 Å². The first-order valence-electron chi connectivity index (χ1n) is 5.92. The number of amides is 3. The van der Waals surface area contributed by atoms with E-state index in [-0.39, 0.29) is 18.7 Å². The van der Waals surface area contributed by atoms with Crippen molar-refractivity contribution in [3.8, 4) is 0 Å². The molecule has 2 rings (SSSR count). The molecule has 104 valence electrons. The summed E-state index contributed by atoms with van der Waals surface area (Å²) in [5, 5.41) is 1.26. The normalized spacial score (nSPS) is 25.5. The van der Waals surface area contributed by atoms with E-state index >= 15 is 0 Å². The van der Waals surface area contributed by atoms with Gasteiger partial charge in [0.05, 0.1) is 19.8 Å². The molecule has 0 aromatic heterocycles. The van der Waals surface area contributed by atoms with Crippen molar-refractivity contribution >= 4 is 11.9 Å². The Morgan fingerprint density at radius 1 is 1.68 bits per heavy atom. The molecule has 2 aliphatic rings. The zero-order chi connectivity index (χ0) is 14.0. The van der Waals surface area contributed by atoms with Crippen molar-refractivity contribution < 1.29 is 19.2 Å². The van der Waals surface area contributed by atoms with Crippen LogP contribution in [-0.2, 0) is 14.4 Å². The highest BCUT2D eigenvalue weighted by molar-refractivity contribution is 5.90. The second kappa shape index (κ2) is 5.41. The Labute approximate surface area is 111 Å². The van der Waals surface area contributed by atoms with Crippen LogP contribution >= 0.6 is 0 Å². The standard InChI is InChI=1S/C12H17N3O4/c1-3-4-19-15-10-6-14(12(15)17)9(11(13)16)5-8(10)7-18-2/h3,5,9-10H,1,4,6-7H2,2H3,(H2,13,16)/t9-,10-/m0/s1. The molecule has 2 aliphatic heterocycles. The molecule has 19 heavy (non-hydrogen) atoms. The van der Waals surface area contributed by atoms with Crippen LogP contribution in [0.5, 0.6) is 0 Å². The number of carbonyl (C=O) groups is 2. The molecule has 7 heteroatoms. The molecule has 0 unspecified atom stereocenters. The molecule has 0 aliphatic carbocycles. The van der Waals surface area contributed by atoms with E-state index in [4.69, 9.17) is 15.3 Å². The number of methoxy groups -OCH3 is 1. The Kier molecular flexibility index (Phi) is 3.87. The third-order valence-electron chi connectivity index (χ3n) is 3.16. The van der Waals surface area contributed by atoms with Gasteiger partial charge in [-0.25, -0.2) is 4.79 Å². The summed E-state index contributed by atoms with van der Waals surface area (Å²) in [5.74, 6) is -0.564. The summed E-state index contributed by atoms with van der Waals surface area (Å²) in [7, 11) is 1.55. The van der Waals surface area contributed by atoms with Crippen LogP contribution in [0.15, 0.2) is 24.3 Å².